The van der Waals surface area contributed by atoms with Gasteiger partial charge >= 0.3 is 0 Å². The van der Waals surface area contributed by atoms with E-state index in [2.05, 4.69) is 15.3 Å². The van der Waals surface area contributed by atoms with Gasteiger partial charge in [-0.05, 0) is 31.5 Å². The van der Waals surface area contributed by atoms with Crippen LogP contribution in [0.1, 0.15) is 11.3 Å². The van der Waals surface area contributed by atoms with Gasteiger partial charge in [0.25, 0.3) is 5.69 Å². The van der Waals surface area contributed by atoms with Crippen molar-refractivity contribution in [2.45, 2.75) is 19.0 Å². The molecule has 0 aliphatic carbocycles. The zero-order valence-corrected chi connectivity index (χ0v) is 16.2. The van der Waals surface area contributed by atoms with Gasteiger partial charge in [-0.15, -0.1) is 0 Å². The van der Waals surface area contributed by atoms with Crippen molar-refractivity contribution in [2.75, 3.05) is 11.1 Å². The van der Waals surface area contributed by atoms with Crippen LogP contribution in [-0.4, -0.2) is 26.6 Å². The first-order chi connectivity index (χ1) is 13.4. The molecule has 0 radical (unpaired) electrons. The zero-order valence-electron chi connectivity index (χ0n) is 15.4. The number of anilines is 1. The number of nitrogens with zero attached hydrogens (tertiary/aromatic N) is 3. The number of rotatable bonds is 6. The molecule has 8 heteroatoms. The van der Waals surface area contributed by atoms with Gasteiger partial charge in [0.1, 0.15) is 0 Å². The fourth-order valence-corrected chi connectivity index (χ4v) is 3.28. The molecule has 0 aliphatic rings. The summed E-state index contributed by atoms with van der Waals surface area (Å²) in [6.07, 6.45) is 0. The number of hydrogen-bond acceptors (Lipinski definition) is 6. The second-order valence-electron chi connectivity index (χ2n) is 6.14. The Morgan fingerprint density at radius 3 is 2.54 bits per heavy atom. The summed E-state index contributed by atoms with van der Waals surface area (Å²) in [4.78, 5) is 31.5. The average Bonchev–Trinajstić information content (AvgIpc) is 2.68. The van der Waals surface area contributed by atoms with E-state index in [9.17, 15) is 14.9 Å². The van der Waals surface area contributed by atoms with Crippen molar-refractivity contribution < 1.29 is 9.72 Å². The molecule has 1 heterocycles. The smallest absolute Gasteiger partial charge is 0.269 e. The minimum atomic E-state index is -0.464. The summed E-state index contributed by atoms with van der Waals surface area (Å²) in [6.45, 7) is 3.60. The van der Waals surface area contributed by atoms with Gasteiger partial charge in [-0.25, -0.2) is 9.97 Å². The molecule has 1 amide bonds. The molecule has 0 bridgehead atoms. The van der Waals surface area contributed by atoms with E-state index in [-0.39, 0.29) is 17.3 Å². The highest BCUT2D eigenvalue weighted by atomic mass is 32.2. The van der Waals surface area contributed by atoms with Crippen molar-refractivity contribution in [3.8, 4) is 11.3 Å². The van der Waals surface area contributed by atoms with Crippen LogP contribution >= 0.6 is 11.8 Å². The Kier molecular flexibility index (Phi) is 6.00. The highest BCUT2D eigenvalue weighted by Crippen LogP contribution is 2.23. The van der Waals surface area contributed by atoms with E-state index < -0.39 is 4.92 Å². The molecule has 0 atom stereocenters. The fraction of sp³-hybridized carbons (Fsp3) is 0.150. The number of hydrogen-bond donors (Lipinski definition) is 1. The summed E-state index contributed by atoms with van der Waals surface area (Å²) in [7, 11) is 0. The molecule has 28 heavy (non-hydrogen) atoms. The van der Waals surface area contributed by atoms with Crippen LogP contribution in [0.4, 0.5) is 11.4 Å². The third-order valence-electron chi connectivity index (χ3n) is 3.93. The minimum Gasteiger partial charge on any atom is -0.325 e. The van der Waals surface area contributed by atoms with E-state index in [1.165, 1.54) is 30.0 Å². The van der Waals surface area contributed by atoms with Crippen LogP contribution in [0.5, 0.6) is 0 Å². The molecule has 7 nitrogen and oxygen atoms in total. The van der Waals surface area contributed by atoms with Gasteiger partial charge in [0.2, 0.25) is 5.91 Å². The standard InChI is InChI=1S/C20H18N4O3S/c1-13-10-16(24(26)27)8-9-17(13)22-19(25)12-28-20-21-14(2)11-18(23-20)15-6-4-3-5-7-15/h3-11H,12H2,1-2H3,(H,22,25). The summed E-state index contributed by atoms with van der Waals surface area (Å²) in [6, 6.07) is 16.0. The molecular weight excluding hydrogens is 376 g/mol. The van der Waals surface area contributed by atoms with Gasteiger partial charge in [-0.3, -0.25) is 14.9 Å². The Balaban J connectivity index is 1.66. The molecule has 0 unspecified atom stereocenters. The first-order valence-electron chi connectivity index (χ1n) is 8.51. The molecule has 3 rings (SSSR count). The lowest BCUT2D eigenvalue weighted by atomic mass is 10.1. The summed E-state index contributed by atoms with van der Waals surface area (Å²) < 4.78 is 0. The summed E-state index contributed by atoms with van der Waals surface area (Å²) in [5.74, 6) is -0.0954. The van der Waals surface area contributed by atoms with Crippen LogP contribution in [0.3, 0.4) is 0 Å². The summed E-state index contributed by atoms with van der Waals surface area (Å²) in [5, 5.41) is 14.1. The van der Waals surface area contributed by atoms with E-state index in [0.29, 0.717) is 16.4 Å². The average molecular weight is 394 g/mol. The van der Waals surface area contributed by atoms with E-state index in [4.69, 9.17) is 0 Å². The van der Waals surface area contributed by atoms with Crippen LogP contribution in [0.15, 0.2) is 59.8 Å². The number of aromatic nitrogens is 2. The minimum absolute atomic E-state index is 0.00789. The van der Waals surface area contributed by atoms with Crippen molar-refractivity contribution in [3.05, 3.63) is 76.0 Å². The number of carbonyl (C=O) groups excluding carboxylic acids is 1. The maximum Gasteiger partial charge on any atom is 0.269 e. The van der Waals surface area contributed by atoms with Crippen molar-refractivity contribution in [2.24, 2.45) is 0 Å². The van der Waals surface area contributed by atoms with E-state index in [0.717, 1.165) is 17.0 Å². The lowest BCUT2D eigenvalue weighted by Gasteiger charge is -2.09. The number of aryl methyl sites for hydroxylation is 2. The van der Waals surface area contributed by atoms with Crippen molar-refractivity contribution >= 4 is 29.0 Å². The van der Waals surface area contributed by atoms with E-state index >= 15 is 0 Å². The van der Waals surface area contributed by atoms with Crippen molar-refractivity contribution in [1.29, 1.82) is 0 Å². The Bertz CT molecular complexity index is 1030. The molecule has 0 saturated heterocycles. The van der Waals surface area contributed by atoms with Crippen molar-refractivity contribution in [3.63, 3.8) is 0 Å². The Labute approximate surface area is 166 Å². The molecule has 142 valence electrons. The highest BCUT2D eigenvalue weighted by Gasteiger charge is 2.12. The zero-order chi connectivity index (χ0) is 20.1. The van der Waals surface area contributed by atoms with E-state index in [1.807, 2.05) is 43.3 Å². The summed E-state index contributed by atoms with van der Waals surface area (Å²) in [5.41, 5.74) is 3.79. The van der Waals surface area contributed by atoms with Gasteiger partial charge in [0.15, 0.2) is 5.16 Å². The number of carbonyl (C=O) groups is 1. The van der Waals surface area contributed by atoms with Crippen LogP contribution in [0.25, 0.3) is 11.3 Å². The first-order valence-corrected chi connectivity index (χ1v) is 9.50. The molecule has 0 spiro atoms. The highest BCUT2D eigenvalue weighted by molar-refractivity contribution is 7.99. The predicted octanol–water partition coefficient (Wildman–Crippen LogP) is 4.40. The third kappa shape index (κ3) is 4.92. The fourth-order valence-electron chi connectivity index (χ4n) is 2.58. The maximum absolute atomic E-state index is 12.3. The van der Waals surface area contributed by atoms with Gasteiger partial charge in [0, 0.05) is 29.1 Å². The number of amides is 1. The predicted molar refractivity (Wildman–Crippen MR) is 109 cm³/mol. The number of nitrogens with one attached hydrogen (secondary N) is 1. The third-order valence-corrected chi connectivity index (χ3v) is 4.78. The van der Waals surface area contributed by atoms with Crippen LogP contribution in [0.2, 0.25) is 0 Å². The number of thioether (sulfide) groups is 1. The maximum atomic E-state index is 12.3. The lowest BCUT2D eigenvalue weighted by Crippen LogP contribution is -2.15. The molecule has 0 saturated carbocycles. The number of benzene rings is 2. The Morgan fingerprint density at radius 1 is 1.11 bits per heavy atom. The number of nitro groups is 1. The monoisotopic (exact) mass is 394 g/mol. The van der Waals surface area contributed by atoms with Crippen molar-refractivity contribution in [1.82, 2.24) is 9.97 Å². The number of nitro benzene ring substituents is 1. The molecule has 0 fully saturated rings. The largest absolute Gasteiger partial charge is 0.325 e. The molecule has 3 aromatic rings. The Hall–Kier alpha value is -3.26. The molecule has 1 aromatic heterocycles. The molecular formula is C20H18N4O3S. The molecule has 2 aromatic carbocycles. The van der Waals surface area contributed by atoms with E-state index in [1.54, 1.807) is 6.92 Å². The second kappa shape index (κ2) is 8.62. The normalized spacial score (nSPS) is 10.5. The number of non-ortho nitro benzene ring substituents is 1. The van der Waals surface area contributed by atoms with Gasteiger partial charge < -0.3 is 5.32 Å². The van der Waals surface area contributed by atoms with Crippen LogP contribution < -0.4 is 5.32 Å². The van der Waals surface area contributed by atoms with Crippen LogP contribution in [-0.2, 0) is 4.79 Å². The molecule has 0 aliphatic heterocycles. The quantitative estimate of drug-likeness (QED) is 0.288. The Morgan fingerprint density at radius 2 is 1.86 bits per heavy atom. The lowest BCUT2D eigenvalue weighted by molar-refractivity contribution is -0.384. The topological polar surface area (TPSA) is 98.0 Å². The second-order valence-corrected chi connectivity index (χ2v) is 7.08. The van der Waals surface area contributed by atoms with Gasteiger partial charge in [0.05, 0.1) is 16.4 Å². The summed E-state index contributed by atoms with van der Waals surface area (Å²) >= 11 is 1.24. The first kappa shape index (κ1) is 19.5. The SMILES string of the molecule is Cc1cc(-c2ccccc2)nc(SCC(=O)Nc2ccc([N+](=O)[O-])cc2C)n1. The van der Waals surface area contributed by atoms with Crippen LogP contribution in [0, 0.1) is 24.0 Å². The molecule has 1 N–H and O–H groups in total. The van der Waals surface area contributed by atoms with Gasteiger partial charge in [-0.2, -0.15) is 0 Å². The van der Waals surface area contributed by atoms with Gasteiger partial charge in [-0.1, -0.05) is 42.1 Å².